The van der Waals surface area contributed by atoms with E-state index in [4.69, 9.17) is 0 Å². The highest BCUT2D eigenvalue weighted by molar-refractivity contribution is 5.82. The van der Waals surface area contributed by atoms with E-state index in [1.807, 2.05) is 0 Å². The number of aryl methyl sites for hydroxylation is 3. The van der Waals surface area contributed by atoms with Crippen LogP contribution >= 0.6 is 0 Å². The summed E-state index contributed by atoms with van der Waals surface area (Å²) in [7, 11) is 0. The molecule has 0 amide bonds. The molecule has 0 aliphatic rings. The molecule has 2 aromatic heterocycles. The highest BCUT2D eigenvalue weighted by Crippen LogP contribution is 2.23. The first-order valence-corrected chi connectivity index (χ1v) is 8.53. The van der Waals surface area contributed by atoms with Crippen molar-refractivity contribution in [3.05, 3.63) is 80.8 Å². The quantitative estimate of drug-likeness (QED) is 0.412. The summed E-state index contributed by atoms with van der Waals surface area (Å²) in [6.07, 6.45) is 2.93. The minimum atomic E-state index is -0.484. The Morgan fingerprint density at radius 2 is 1.93 bits per heavy atom. The minimum Gasteiger partial charge on any atom is -0.318 e. The van der Waals surface area contributed by atoms with E-state index in [-0.39, 0.29) is 5.69 Å². The zero-order valence-corrected chi connectivity index (χ0v) is 15.7. The lowest BCUT2D eigenvalue weighted by Gasteiger charge is -2.13. The van der Waals surface area contributed by atoms with E-state index in [9.17, 15) is 10.1 Å². The lowest BCUT2D eigenvalue weighted by atomic mass is 10.1. The van der Waals surface area contributed by atoms with Crippen LogP contribution in [0, 0.1) is 37.8 Å². The van der Waals surface area contributed by atoms with Crippen molar-refractivity contribution in [2.24, 2.45) is 5.10 Å². The predicted molar refractivity (Wildman–Crippen MR) is 107 cm³/mol. The Hall–Kier alpha value is -3.48. The van der Waals surface area contributed by atoms with E-state index >= 15 is 0 Å². The Bertz CT molecular complexity index is 1020. The van der Waals surface area contributed by atoms with Gasteiger partial charge in [0.25, 0.3) is 5.69 Å². The van der Waals surface area contributed by atoms with Gasteiger partial charge in [0.15, 0.2) is 0 Å². The Balaban J connectivity index is 1.82. The molecule has 0 saturated heterocycles. The number of aromatic nitrogens is 2. The van der Waals surface area contributed by atoms with Gasteiger partial charge < -0.3 is 4.57 Å². The molecule has 2 heterocycles. The van der Waals surface area contributed by atoms with Crippen LogP contribution in [-0.4, -0.2) is 20.7 Å². The number of hydrogen-bond donors (Lipinski definition) is 1. The van der Waals surface area contributed by atoms with Crippen LogP contribution in [0.3, 0.4) is 0 Å². The third kappa shape index (κ3) is 3.87. The first kappa shape index (κ1) is 18.3. The molecule has 1 aromatic carbocycles. The largest absolute Gasteiger partial charge is 0.318 e. The second kappa shape index (κ2) is 7.41. The van der Waals surface area contributed by atoms with Crippen LogP contribution in [0.1, 0.15) is 28.1 Å². The zero-order valence-electron chi connectivity index (χ0n) is 15.7. The van der Waals surface area contributed by atoms with Crippen molar-refractivity contribution in [1.82, 2.24) is 9.55 Å². The molecule has 7 heteroatoms. The van der Waals surface area contributed by atoms with Crippen molar-refractivity contribution in [1.29, 1.82) is 0 Å². The third-order valence-corrected chi connectivity index (χ3v) is 4.40. The molecule has 3 rings (SSSR count). The topological polar surface area (TPSA) is 85.3 Å². The normalized spacial score (nSPS) is 11.1. The van der Waals surface area contributed by atoms with Crippen LogP contribution in [0.15, 0.2) is 47.7 Å². The Kier molecular flexibility index (Phi) is 5.03. The number of nitrogens with zero attached hydrogens (tertiary/aromatic N) is 4. The molecule has 0 aliphatic carbocycles. The number of hydrazone groups is 1. The van der Waals surface area contributed by atoms with E-state index < -0.39 is 4.92 Å². The van der Waals surface area contributed by atoms with Crippen molar-refractivity contribution < 1.29 is 4.92 Å². The average Bonchev–Trinajstić information content (AvgIpc) is 2.90. The monoisotopic (exact) mass is 363 g/mol. The number of rotatable bonds is 5. The Labute approximate surface area is 157 Å². The maximum Gasteiger partial charge on any atom is 0.287 e. The van der Waals surface area contributed by atoms with Gasteiger partial charge in [-0.1, -0.05) is 17.7 Å². The van der Waals surface area contributed by atoms with E-state index in [1.165, 1.54) is 29.5 Å². The van der Waals surface area contributed by atoms with Gasteiger partial charge in [-0.3, -0.25) is 15.5 Å². The first-order chi connectivity index (χ1) is 12.9. The molecule has 1 N–H and O–H groups in total. The molecule has 0 atom stereocenters. The molecule has 3 aromatic rings. The second-order valence-electron chi connectivity index (χ2n) is 6.48. The fraction of sp³-hybridized carbons (Fsp3) is 0.200. The predicted octanol–water partition coefficient (Wildman–Crippen LogP) is 4.46. The highest BCUT2D eigenvalue weighted by atomic mass is 16.6. The molecule has 7 nitrogen and oxygen atoms in total. The van der Waals surface area contributed by atoms with Crippen molar-refractivity contribution >= 4 is 17.7 Å². The maximum absolute atomic E-state index is 10.7. The fourth-order valence-electron chi connectivity index (χ4n) is 3.07. The summed E-state index contributed by atoms with van der Waals surface area (Å²) < 4.78 is 2.21. The van der Waals surface area contributed by atoms with E-state index in [1.54, 1.807) is 6.21 Å². The molecule has 0 aliphatic heterocycles. The molecule has 0 saturated carbocycles. The van der Waals surface area contributed by atoms with Crippen LogP contribution in [-0.2, 0) is 0 Å². The molecule has 0 radical (unpaired) electrons. The van der Waals surface area contributed by atoms with Gasteiger partial charge in [0.1, 0.15) is 12.0 Å². The number of benzene rings is 1. The van der Waals surface area contributed by atoms with Gasteiger partial charge in [-0.25, -0.2) is 4.98 Å². The fourth-order valence-corrected chi connectivity index (χ4v) is 3.07. The molecular formula is C20H21N5O2. The number of nitro groups is 1. The van der Waals surface area contributed by atoms with Gasteiger partial charge in [-0.05, 0) is 51.5 Å². The smallest absolute Gasteiger partial charge is 0.287 e. The SMILES string of the molecule is Cc1ccc(-n2c(C)cc(/C=N/Nc3ccc([N+](=O)[O-])cn3)c2C)c(C)c1. The van der Waals surface area contributed by atoms with Gasteiger partial charge in [0.2, 0.25) is 0 Å². The van der Waals surface area contributed by atoms with Crippen molar-refractivity contribution in [2.75, 3.05) is 5.43 Å². The summed E-state index contributed by atoms with van der Waals surface area (Å²) in [4.78, 5) is 14.1. The van der Waals surface area contributed by atoms with E-state index in [0.29, 0.717) is 5.82 Å². The third-order valence-electron chi connectivity index (χ3n) is 4.40. The summed E-state index contributed by atoms with van der Waals surface area (Å²) in [5.41, 5.74) is 9.54. The first-order valence-electron chi connectivity index (χ1n) is 8.53. The van der Waals surface area contributed by atoms with Crippen molar-refractivity contribution in [3.8, 4) is 5.69 Å². The summed E-state index contributed by atoms with van der Waals surface area (Å²) in [6, 6.07) is 11.4. The average molecular weight is 363 g/mol. The zero-order chi connectivity index (χ0) is 19.6. The summed E-state index contributed by atoms with van der Waals surface area (Å²) >= 11 is 0. The molecular weight excluding hydrogens is 342 g/mol. The standard InChI is InChI=1S/C20H21N5O2/c1-13-5-7-19(14(2)9-13)24-15(3)10-17(16(24)4)11-22-23-20-8-6-18(12-21-20)25(26)27/h5-12H,1-4H3,(H,21,23)/b22-11+. The van der Waals surface area contributed by atoms with Crippen LogP contribution in [0.5, 0.6) is 0 Å². The van der Waals surface area contributed by atoms with Gasteiger partial charge in [0.05, 0.1) is 11.1 Å². The van der Waals surface area contributed by atoms with Crippen LogP contribution in [0.4, 0.5) is 11.5 Å². The van der Waals surface area contributed by atoms with Crippen LogP contribution < -0.4 is 5.43 Å². The van der Waals surface area contributed by atoms with E-state index in [2.05, 4.69) is 72.0 Å². The summed E-state index contributed by atoms with van der Waals surface area (Å²) in [5, 5.41) is 14.9. The molecule has 27 heavy (non-hydrogen) atoms. The maximum atomic E-state index is 10.7. The molecule has 138 valence electrons. The summed E-state index contributed by atoms with van der Waals surface area (Å²) in [5.74, 6) is 0.444. The number of pyridine rings is 1. The number of nitrogens with one attached hydrogen (secondary N) is 1. The molecule has 0 unspecified atom stereocenters. The molecule has 0 spiro atoms. The van der Waals surface area contributed by atoms with Gasteiger partial charge >= 0.3 is 0 Å². The van der Waals surface area contributed by atoms with Crippen LogP contribution in [0.25, 0.3) is 5.69 Å². The minimum absolute atomic E-state index is 0.0541. The van der Waals surface area contributed by atoms with E-state index in [0.717, 1.165) is 22.6 Å². The second-order valence-corrected chi connectivity index (χ2v) is 6.48. The molecule has 0 fully saturated rings. The molecule has 0 bridgehead atoms. The van der Waals surface area contributed by atoms with Gasteiger partial charge in [0, 0.05) is 28.7 Å². The highest BCUT2D eigenvalue weighted by Gasteiger charge is 2.11. The van der Waals surface area contributed by atoms with Gasteiger partial charge in [-0.2, -0.15) is 5.10 Å². The van der Waals surface area contributed by atoms with Crippen molar-refractivity contribution in [2.45, 2.75) is 27.7 Å². The van der Waals surface area contributed by atoms with Crippen molar-refractivity contribution in [3.63, 3.8) is 0 Å². The Morgan fingerprint density at radius 3 is 2.56 bits per heavy atom. The number of anilines is 1. The summed E-state index contributed by atoms with van der Waals surface area (Å²) in [6.45, 7) is 8.31. The Morgan fingerprint density at radius 1 is 1.15 bits per heavy atom. The number of hydrogen-bond acceptors (Lipinski definition) is 5. The lowest BCUT2D eigenvalue weighted by molar-refractivity contribution is -0.385. The van der Waals surface area contributed by atoms with Gasteiger partial charge in [-0.15, -0.1) is 0 Å². The van der Waals surface area contributed by atoms with Crippen LogP contribution in [0.2, 0.25) is 0 Å². The lowest BCUT2D eigenvalue weighted by Crippen LogP contribution is -2.02.